The summed E-state index contributed by atoms with van der Waals surface area (Å²) >= 11 is 8.80. The largest absolute Gasteiger partial charge is 0.519 e. The quantitative estimate of drug-likeness (QED) is 0.0279. The lowest BCUT2D eigenvalue weighted by molar-refractivity contribution is -0.131. The highest BCUT2D eigenvalue weighted by molar-refractivity contribution is 6.93. The Morgan fingerprint density at radius 1 is 0.409 bits per heavy atom. The lowest BCUT2D eigenvalue weighted by atomic mass is 9.55. The molecule has 12 rings (SSSR count). The van der Waals surface area contributed by atoms with Crippen molar-refractivity contribution < 1.29 is 53.8 Å². The van der Waals surface area contributed by atoms with Crippen LogP contribution in [0.5, 0.6) is 46.0 Å². The third kappa shape index (κ3) is 21.7. The zero-order chi connectivity index (χ0) is 80.2. The maximum atomic E-state index is 13.1. The second-order valence-corrected chi connectivity index (χ2v) is 37.2. The van der Waals surface area contributed by atoms with Crippen LogP contribution in [0.15, 0.2) is 194 Å². The van der Waals surface area contributed by atoms with Gasteiger partial charge in [0.1, 0.15) is 46.0 Å². The molecule has 0 amide bonds. The molecule has 590 valence electrons. The number of halogens is 2. The molecule has 13 heteroatoms. The van der Waals surface area contributed by atoms with Crippen molar-refractivity contribution in [1.82, 2.24) is 0 Å². The van der Waals surface area contributed by atoms with Crippen LogP contribution < -0.4 is 18.9 Å². The van der Waals surface area contributed by atoms with Gasteiger partial charge < -0.3 is 39.4 Å². The van der Waals surface area contributed by atoms with Gasteiger partial charge in [0.2, 0.25) is 0 Å². The summed E-state index contributed by atoms with van der Waals surface area (Å²) in [5.74, 6) is 7.08. The van der Waals surface area contributed by atoms with Crippen molar-refractivity contribution in [3.63, 3.8) is 0 Å². The number of esters is 1. The first kappa shape index (κ1) is 85.7. The molecule has 0 saturated heterocycles. The molecule has 4 aliphatic rings. The summed E-state index contributed by atoms with van der Waals surface area (Å²) < 4.78 is 21.4. The average Bonchev–Trinajstić information content (AvgIpc) is 0.753. The minimum atomic E-state index is -0.889. The second-order valence-electron chi connectivity index (χ2n) is 36.3. The van der Waals surface area contributed by atoms with Crippen LogP contribution in [-0.4, -0.2) is 44.4 Å². The molecule has 110 heavy (non-hydrogen) atoms. The molecule has 4 N–H and O–H groups in total. The highest BCUT2D eigenvalue weighted by Crippen LogP contribution is 2.57. The normalized spacial score (nSPS) is 22.7. The van der Waals surface area contributed by atoms with Crippen molar-refractivity contribution in [2.45, 2.75) is 228 Å². The smallest absolute Gasteiger partial charge is 0.508 e. The van der Waals surface area contributed by atoms with E-state index in [1.54, 1.807) is 55.6 Å². The van der Waals surface area contributed by atoms with Crippen LogP contribution in [0.4, 0.5) is 9.59 Å². The van der Waals surface area contributed by atoms with Gasteiger partial charge in [-0.25, -0.2) is 4.79 Å². The molecule has 8 unspecified atom stereocenters. The zero-order valence-electron chi connectivity index (χ0n) is 68.2. The first-order valence-corrected chi connectivity index (χ1v) is 40.6. The van der Waals surface area contributed by atoms with E-state index in [2.05, 4.69) is 193 Å². The van der Waals surface area contributed by atoms with E-state index in [1.807, 2.05) is 72.8 Å². The molecular weight excluding hydrogens is 1410 g/mol. The number of phenols is 4. The molecule has 0 radical (unpaired) electrons. The summed E-state index contributed by atoms with van der Waals surface area (Å²) in [6.45, 7) is 34.7. The van der Waals surface area contributed by atoms with E-state index in [1.165, 1.54) is 97.2 Å². The standard InChI is InChI=1S/C50H62O6.C25H34O2.C21H26O2.CCl2O/c1-34-31-47(4,5)33-50(32-34,39-16-24-42(25-17-39)54-36(3)51)40-18-26-44(27-19-40)56-46(52)55-43-22-14-38(15-23-43)49(8,37-12-20-41(53-9)21-13-37)30-28-45-35(2)11-10-29-48(45,6)7;1-18-6-5-16-24(2,3)23(18)15-17-25(4,19-7-11-21(26)12-8-19)20-9-13-22(27)14-10-20;1-15-12-20(2,3)14-21(13-15,16-4-8-18(22)9-5-16)17-6-10-19(23)11-7-17;2-1(3)4/h12-27,34-35,45H,10-11,28-33H2,1-9H3;7-14,18,23,26-27H,5-6,15-17H2,1-4H3;4-11,15,22-23H,12-14H2,1-3H3;. The van der Waals surface area contributed by atoms with Gasteiger partial charge in [-0.15, -0.1) is 0 Å². The van der Waals surface area contributed by atoms with Gasteiger partial charge in [-0.05, 0) is 299 Å². The maximum Gasteiger partial charge on any atom is 0.519 e. The predicted octanol–water partition coefficient (Wildman–Crippen LogP) is 26.3. The number of methoxy groups -OCH3 is 1. The molecule has 8 aromatic rings. The molecule has 8 aromatic carbocycles. The topological polar surface area (TPSA) is 169 Å². The Balaban J connectivity index is 0.000000212. The second kappa shape index (κ2) is 36.1. The molecule has 0 aromatic heterocycles. The minimum absolute atomic E-state index is 0.0669. The molecule has 11 nitrogen and oxygen atoms in total. The van der Waals surface area contributed by atoms with Crippen molar-refractivity contribution >= 4 is 40.0 Å². The molecule has 4 saturated carbocycles. The Kier molecular flexibility index (Phi) is 28.1. The fourth-order valence-corrected chi connectivity index (χ4v) is 20.7. The minimum Gasteiger partial charge on any atom is -0.508 e. The number of hydrogen-bond donors (Lipinski definition) is 4. The highest BCUT2D eigenvalue weighted by atomic mass is 35.5. The van der Waals surface area contributed by atoms with E-state index < -0.39 is 10.9 Å². The van der Waals surface area contributed by atoms with Crippen LogP contribution in [-0.2, 0) is 26.5 Å². The molecule has 4 fully saturated rings. The van der Waals surface area contributed by atoms with Crippen LogP contribution in [0, 0.1) is 57.2 Å². The number of aromatic hydroxyl groups is 4. The molecule has 0 aliphatic heterocycles. The van der Waals surface area contributed by atoms with Crippen molar-refractivity contribution in [1.29, 1.82) is 0 Å². The van der Waals surface area contributed by atoms with E-state index >= 15 is 0 Å². The highest BCUT2D eigenvalue weighted by Gasteiger charge is 2.48. The predicted molar refractivity (Wildman–Crippen MR) is 447 cm³/mol. The molecule has 0 bridgehead atoms. The summed E-state index contributed by atoms with van der Waals surface area (Å²) in [5.41, 5.74) is 10.1. The van der Waals surface area contributed by atoms with Gasteiger partial charge in [0.05, 0.1) is 7.11 Å². The number of carbonyl (C=O) groups is 3. The van der Waals surface area contributed by atoms with Gasteiger partial charge in [0.25, 0.3) is 0 Å². The first-order chi connectivity index (χ1) is 51.8. The monoisotopic (exact) mass is 1530 g/mol. The molecule has 4 aliphatic carbocycles. The van der Waals surface area contributed by atoms with Crippen LogP contribution in [0.25, 0.3) is 0 Å². The van der Waals surface area contributed by atoms with Crippen molar-refractivity contribution in [3.05, 3.63) is 239 Å². The number of rotatable bonds is 18. The van der Waals surface area contributed by atoms with Gasteiger partial charge >= 0.3 is 16.8 Å². The number of hydrogen-bond acceptors (Lipinski definition) is 11. The Morgan fingerprint density at radius 2 is 0.673 bits per heavy atom. The van der Waals surface area contributed by atoms with Gasteiger partial charge in [0, 0.05) is 28.6 Å². The van der Waals surface area contributed by atoms with Gasteiger partial charge in [-0.1, -0.05) is 220 Å². The van der Waals surface area contributed by atoms with Crippen molar-refractivity contribution in [2.75, 3.05) is 7.11 Å². The lowest BCUT2D eigenvalue weighted by Crippen LogP contribution is -2.41. The van der Waals surface area contributed by atoms with Crippen LogP contribution in [0.1, 0.15) is 251 Å². The fraction of sp³-hybridized carbons (Fsp3) is 0.474. The summed E-state index contributed by atoms with van der Waals surface area (Å²) in [7, 11) is 1.70. The maximum absolute atomic E-state index is 13.1. The molecule has 8 atom stereocenters. The van der Waals surface area contributed by atoms with Crippen molar-refractivity contribution in [3.8, 4) is 46.0 Å². The number of carbonyl (C=O) groups excluding carboxylic acids is 3. The zero-order valence-corrected chi connectivity index (χ0v) is 69.7. The summed E-state index contributed by atoms with van der Waals surface area (Å²) in [5, 5.41) is 38.8. The third-order valence-electron chi connectivity index (χ3n) is 25.6. The number of ether oxygens (including phenoxy) is 4. The molecule has 0 heterocycles. The lowest BCUT2D eigenvalue weighted by Gasteiger charge is -2.48. The summed E-state index contributed by atoms with van der Waals surface area (Å²) in [6.07, 6.45) is 18.0. The Hall–Kier alpha value is -8.25. The van der Waals surface area contributed by atoms with Gasteiger partial charge in [-0.2, -0.15) is 0 Å². The Morgan fingerprint density at radius 3 is 0.955 bits per heavy atom. The van der Waals surface area contributed by atoms with Crippen molar-refractivity contribution in [2.24, 2.45) is 57.2 Å². The van der Waals surface area contributed by atoms with E-state index in [-0.39, 0.29) is 38.5 Å². The molecular formula is C97H122Cl2O11. The third-order valence-corrected chi connectivity index (χ3v) is 25.6. The first-order valence-electron chi connectivity index (χ1n) is 39.9. The van der Waals surface area contributed by atoms with E-state index in [9.17, 15) is 30.0 Å². The summed E-state index contributed by atoms with van der Waals surface area (Å²) in [4.78, 5) is 33.7. The van der Waals surface area contributed by atoms with E-state index in [0.717, 1.165) is 74.5 Å². The Bertz CT molecular complexity index is 4190. The number of phenolic OH excluding ortho intramolecular Hbond substituents is 4. The molecule has 0 spiro atoms. The van der Waals surface area contributed by atoms with E-state index in [4.69, 9.17) is 23.7 Å². The van der Waals surface area contributed by atoms with Gasteiger partial charge in [0.15, 0.2) is 0 Å². The van der Waals surface area contributed by atoms with Crippen LogP contribution in [0.2, 0.25) is 0 Å². The summed E-state index contributed by atoms with van der Waals surface area (Å²) in [6, 6.07) is 62.7. The SMILES string of the molecule is CC1CC(C)(C)CC(c2ccc(O)cc2)(c2ccc(O)cc2)C1.CC1CCCC(C)(C)C1CCC(C)(c1ccc(O)cc1)c1ccc(O)cc1.COc1ccc(C(C)(CCC2C(C)CCCC2(C)C)c2ccc(OC(=O)Oc3ccc(C4(c5ccc(OC(C)=O)cc5)CC(C)CC(C)(C)C4)cc3)cc2)cc1.O=C(Cl)Cl. The van der Waals surface area contributed by atoms with Crippen LogP contribution in [0.3, 0.4) is 0 Å². The van der Waals surface area contributed by atoms with Gasteiger partial charge in [-0.3, -0.25) is 9.59 Å². The average molecular weight is 1530 g/mol. The Labute approximate surface area is 666 Å². The fourth-order valence-electron chi connectivity index (χ4n) is 20.7. The number of benzene rings is 8. The van der Waals surface area contributed by atoms with E-state index in [0.29, 0.717) is 74.7 Å². The van der Waals surface area contributed by atoms with Crippen LogP contribution >= 0.6 is 23.2 Å².